The molecule has 0 aliphatic heterocycles. The smallest absolute Gasteiger partial charge is 0.0949 e. The Labute approximate surface area is 84.4 Å². The van der Waals surface area contributed by atoms with Gasteiger partial charge in [-0.2, -0.15) is 5.26 Å². The van der Waals surface area contributed by atoms with E-state index in [9.17, 15) is 0 Å². The Kier molecular flexibility index (Phi) is 4.14. The van der Waals surface area contributed by atoms with E-state index in [-0.39, 0.29) is 6.04 Å². The zero-order valence-electron chi connectivity index (χ0n) is 8.48. The highest BCUT2D eigenvalue weighted by atomic mass is 15.0. The number of aryl methyl sites for hydroxylation is 1. The molecule has 4 nitrogen and oxygen atoms in total. The maximum Gasteiger partial charge on any atom is 0.0949 e. The van der Waals surface area contributed by atoms with Gasteiger partial charge in [0.2, 0.25) is 0 Å². The normalized spacial score (nSPS) is 12.4. The summed E-state index contributed by atoms with van der Waals surface area (Å²) in [6.45, 7) is 2.83. The predicted octanol–water partition coefficient (Wildman–Crippen LogP) is 1.08. The number of rotatable bonds is 5. The molecule has 0 fully saturated rings. The third-order valence-electron chi connectivity index (χ3n) is 1.92. The summed E-state index contributed by atoms with van der Waals surface area (Å²) < 4.78 is 2.01. The molecule has 76 valence electrons. The van der Waals surface area contributed by atoms with Crippen molar-refractivity contribution in [1.29, 1.82) is 5.26 Å². The molecule has 0 radical (unpaired) electrons. The molecule has 1 aromatic rings. The molecule has 2 N–H and O–H groups in total. The van der Waals surface area contributed by atoms with Gasteiger partial charge in [-0.25, -0.2) is 4.98 Å². The summed E-state index contributed by atoms with van der Waals surface area (Å²) >= 11 is 0. The van der Waals surface area contributed by atoms with Crippen molar-refractivity contribution in [3.63, 3.8) is 0 Å². The monoisotopic (exact) mass is 192 g/mol. The predicted molar refractivity (Wildman–Crippen MR) is 54.4 cm³/mol. The number of nitrogens with zero attached hydrogens (tertiary/aromatic N) is 3. The van der Waals surface area contributed by atoms with Gasteiger partial charge in [-0.3, -0.25) is 0 Å². The lowest BCUT2D eigenvalue weighted by atomic mass is 10.2. The van der Waals surface area contributed by atoms with Crippen molar-refractivity contribution in [2.45, 2.75) is 38.8 Å². The van der Waals surface area contributed by atoms with Crippen LogP contribution in [0.3, 0.4) is 0 Å². The van der Waals surface area contributed by atoms with E-state index in [0.29, 0.717) is 6.42 Å². The molecule has 0 bridgehead atoms. The Balaban J connectivity index is 2.39. The second-order valence-electron chi connectivity index (χ2n) is 3.55. The third kappa shape index (κ3) is 3.58. The molecule has 0 spiro atoms. The Morgan fingerprint density at radius 1 is 1.71 bits per heavy atom. The summed E-state index contributed by atoms with van der Waals surface area (Å²) in [6.07, 6.45) is 6.09. The van der Waals surface area contributed by atoms with Gasteiger partial charge in [-0.1, -0.05) is 0 Å². The molecule has 14 heavy (non-hydrogen) atoms. The number of imidazole rings is 1. The molecule has 1 aromatic heterocycles. The average Bonchev–Trinajstić information content (AvgIpc) is 2.52. The molecule has 0 saturated heterocycles. The molecular formula is C10H16N4. The van der Waals surface area contributed by atoms with Crippen LogP contribution >= 0.6 is 0 Å². The number of unbranched alkanes of at least 4 members (excludes halogenated alkanes) is 1. The van der Waals surface area contributed by atoms with Crippen LogP contribution in [0.4, 0.5) is 0 Å². The van der Waals surface area contributed by atoms with Gasteiger partial charge in [0.1, 0.15) is 0 Å². The van der Waals surface area contributed by atoms with Crippen molar-refractivity contribution in [2.24, 2.45) is 5.73 Å². The highest BCUT2D eigenvalue weighted by Crippen LogP contribution is 2.01. The minimum Gasteiger partial charge on any atom is -0.337 e. The minimum absolute atomic E-state index is 0.150. The molecule has 1 unspecified atom stereocenters. The topological polar surface area (TPSA) is 67.6 Å². The van der Waals surface area contributed by atoms with E-state index in [1.165, 1.54) is 0 Å². The van der Waals surface area contributed by atoms with Crippen molar-refractivity contribution in [2.75, 3.05) is 0 Å². The molecule has 0 aliphatic rings. The zero-order chi connectivity index (χ0) is 10.4. The van der Waals surface area contributed by atoms with Gasteiger partial charge in [0.25, 0.3) is 0 Å². The fraction of sp³-hybridized carbons (Fsp3) is 0.600. The summed E-state index contributed by atoms with van der Waals surface area (Å²) in [5, 5.41) is 8.38. The fourth-order valence-corrected chi connectivity index (χ4v) is 1.30. The highest BCUT2D eigenvalue weighted by molar-refractivity contribution is 4.98. The van der Waals surface area contributed by atoms with E-state index in [1.807, 2.05) is 17.7 Å². The average molecular weight is 192 g/mol. The molecular weight excluding hydrogens is 176 g/mol. The van der Waals surface area contributed by atoms with Crippen LogP contribution in [0.1, 0.15) is 25.5 Å². The first-order valence-electron chi connectivity index (χ1n) is 4.85. The van der Waals surface area contributed by atoms with Crippen LogP contribution < -0.4 is 5.73 Å². The maximum atomic E-state index is 8.38. The zero-order valence-corrected chi connectivity index (χ0v) is 8.48. The van der Waals surface area contributed by atoms with Gasteiger partial charge in [-0.05, 0) is 13.3 Å². The van der Waals surface area contributed by atoms with Crippen molar-refractivity contribution in [1.82, 2.24) is 9.55 Å². The van der Waals surface area contributed by atoms with Crippen molar-refractivity contribution in [3.05, 3.63) is 18.2 Å². The Hall–Kier alpha value is -1.34. The van der Waals surface area contributed by atoms with Crippen LogP contribution in [0, 0.1) is 11.3 Å². The number of hydrogen-bond donors (Lipinski definition) is 1. The summed E-state index contributed by atoms with van der Waals surface area (Å²) in [5.74, 6) is 0. The highest BCUT2D eigenvalue weighted by Gasteiger charge is 2.01. The van der Waals surface area contributed by atoms with Gasteiger partial charge in [-0.15, -0.1) is 0 Å². The molecule has 0 aliphatic carbocycles. The molecule has 1 atom stereocenters. The lowest BCUT2D eigenvalue weighted by molar-refractivity contribution is 0.651. The van der Waals surface area contributed by atoms with Gasteiger partial charge in [0.05, 0.1) is 18.1 Å². The van der Waals surface area contributed by atoms with E-state index in [4.69, 9.17) is 11.0 Å². The van der Waals surface area contributed by atoms with Crippen LogP contribution in [0.15, 0.2) is 12.5 Å². The second-order valence-corrected chi connectivity index (χ2v) is 3.55. The van der Waals surface area contributed by atoms with Crippen LogP contribution in [0.25, 0.3) is 0 Å². The standard InChI is InChI=1S/C10H16N4/c1-9(12)6-10-7-14(8-13-10)5-3-2-4-11/h7-9H,2-3,5-6,12H2,1H3. The molecule has 4 heteroatoms. The van der Waals surface area contributed by atoms with E-state index in [2.05, 4.69) is 11.1 Å². The van der Waals surface area contributed by atoms with Crippen molar-refractivity contribution < 1.29 is 0 Å². The van der Waals surface area contributed by atoms with Crippen LogP contribution in [-0.4, -0.2) is 15.6 Å². The molecule has 0 amide bonds. The Morgan fingerprint density at radius 2 is 2.50 bits per heavy atom. The largest absolute Gasteiger partial charge is 0.337 e. The number of aromatic nitrogens is 2. The SMILES string of the molecule is CC(N)Cc1cn(CCCC#N)cn1. The molecule has 0 aromatic carbocycles. The second kappa shape index (κ2) is 5.40. The first-order chi connectivity index (χ1) is 6.72. The van der Waals surface area contributed by atoms with E-state index in [1.54, 1.807) is 6.33 Å². The number of nitrogens with two attached hydrogens (primary N) is 1. The van der Waals surface area contributed by atoms with E-state index in [0.717, 1.165) is 25.1 Å². The van der Waals surface area contributed by atoms with Gasteiger partial charge < -0.3 is 10.3 Å². The lowest BCUT2D eigenvalue weighted by Crippen LogP contribution is -2.17. The van der Waals surface area contributed by atoms with E-state index < -0.39 is 0 Å². The quantitative estimate of drug-likeness (QED) is 0.710. The first-order valence-corrected chi connectivity index (χ1v) is 4.85. The van der Waals surface area contributed by atoms with Crippen LogP contribution in [0.2, 0.25) is 0 Å². The number of nitriles is 1. The van der Waals surface area contributed by atoms with Gasteiger partial charge in [0, 0.05) is 31.6 Å². The molecule has 1 rings (SSSR count). The van der Waals surface area contributed by atoms with E-state index >= 15 is 0 Å². The van der Waals surface area contributed by atoms with Crippen LogP contribution in [0.5, 0.6) is 0 Å². The fourth-order valence-electron chi connectivity index (χ4n) is 1.30. The van der Waals surface area contributed by atoms with Gasteiger partial charge >= 0.3 is 0 Å². The van der Waals surface area contributed by atoms with Crippen LogP contribution in [-0.2, 0) is 13.0 Å². The minimum atomic E-state index is 0.150. The maximum absolute atomic E-state index is 8.38. The number of hydrogen-bond acceptors (Lipinski definition) is 3. The van der Waals surface area contributed by atoms with Crippen molar-refractivity contribution in [3.8, 4) is 6.07 Å². The third-order valence-corrected chi connectivity index (χ3v) is 1.92. The lowest BCUT2D eigenvalue weighted by Gasteiger charge is -2.00. The first kappa shape index (κ1) is 10.7. The Morgan fingerprint density at radius 3 is 3.14 bits per heavy atom. The summed E-state index contributed by atoms with van der Waals surface area (Å²) in [7, 11) is 0. The summed E-state index contributed by atoms with van der Waals surface area (Å²) in [6, 6.07) is 2.27. The van der Waals surface area contributed by atoms with Crippen molar-refractivity contribution >= 4 is 0 Å². The molecule has 1 heterocycles. The van der Waals surface area contributed by atoms with Gasteiger partial charge in [0.15, 0.2) is 0 Å². The Bertz CT molecular complexity index is 308. The summed E-state index contributed by atoms with van der Waals surface area (Å²) in [4.78, 5) is 4.24. The summed E-state index contributed by atoms with van der Waals surface area (Å²) in [5.41, 5.74) is 6.69. The molecule has 0 saturated carbocycles.